The molecule has 0 aromatic heterocycles. The molecule has 0 fully saturated rings. The summed E-state index contributed by atoms with van der Waals surface area (Å²) in [6, 6.07) is 0. The molecule has 0 aliphatic rings. The molecule has 0 unspecified atom stereocenters. The molecule has 0 aromatic rings. The van der Waals surface area contributed by atoms with Crippen LogP contribution in [-0.2, 0) is 4.79 Å². The summed E-state index contributed by atoms with van der Waals surface area (Å²) in [7, 11) is 1.73. The molecular weight excluding hydrogens is 218 g/mol. The fourth-order valence-electron chi connectivity index (χ4n) is 0.615. The summed E-state index contributed by atoms with van der Waals surface area (Å²) in [6.07, 6.45) is 8.96. The van der Waals surface area contributed by atoms with Gasteiger partial charge in [0.2, 0.25) is 5.91 Å². The zero-order chi connectivity index (χ0) is 9.40. The van der Waals surface area contributed by atoms with Gasteiger partial charge < -0.3 is 4.90 Å². The van der Waals surface area contributed by atoms with Crippen molar-refractivity contribution in [2.24, 2.45) is 0 Å². The van der Waals surface area contributed by atoms with Gasteiger partial charge in [0.15, 0.2) is 0 Å². The lowest BCUT2D eigenvalue weighted by Gasteiger charge is -2.12. The van der Waals surface area contributed by atoms with Gasteiger partial charge in [-0.25, -0.2) is 0 Å². The van der Waals surface area contributed by atoms with E-state index >= 15 is 0 Å². The fraction of sp³-hybridized carbons (Fsp3) is 0.444. The number of hydrogen-bond acceptors (Lipinski definition) is 1. The first-order valence-corrected chi connectivity index (χ1v) is 4.75. The van der Waals surface area contributed by atoms with Crippen LogP contribution in [0.15, 0.2) is 12.2 Å². The van der Waals surface area contributed by atoms with Crippen molar-refractivity contribution in [3.8, 4) is 12.3 Å². The molecule has 66 valence electrons. The number of nitrogens with zero attached hydrogens (tertiary/aromatic N) is 1. The predicted octanol–water partition coefficient (Wildman–Crippen LogP) is 1.42. The van der Waals surface area contributed by atoms with Crippen LogP contribution < -0.4 is 0 Å². The van der Waals surface area contributed by atoms with E-state index in [9.17, 15) is 4.79 Å². The maximum absolute atomic E-state index is 11.2. The maximum Gasteiger partial charge on any atom is 0.246 e. The lowest BCUT2D eigenvalue weighted by Crippen LogP contribution is -2.25. The molecule has 0 aliphatic heterocycles. The molecular formula is C9H12BrNO. The largest absolute Gasteiger partial charge is 0.341 e. The first-order chi connectivity index (χ1) is 5.72. The summed E-state index contributed by atoms with van der Waals surface area (Å²) in [5.74, 6) is 2.47. The SMILES string of the molecule is C#CCCN(C)C(=O)/C=C/CBr. The number of carbonyl (C=O) groups excluding carboxylic acids is 1. The molecule has 1 amide bonds. The van der Waals surface area contributed by atoms with Crippen LogP contribution in [0.25, 0.3) is 0 Å². The van der Waals surface area contributed by atoms with Gasteiger partial charge in [0.1, 0.15) is 0 Å². The summed E-state index contributed by atoms with van der Waals surface area (Å²) in [5, 5.41) is 0.696. The Balaban J connectivity index is 3.78. The molecule has 0 atom stereocenters. The molecule has 0 rings (SSSR count). The van der Waals surface area contributed by atoms with Crippen molar-refractivity contribution in [2.45, 2.75) is 6.42 Å². The van der Waals surface area contributed by atoms with Crippen LogP contribution in [0, 0.1) is 12.3 Å². The zero-order valence-corrected chi connectivity index (χ0v) is 8.67. The van der Waals surface area contributed by atoms with Gasteiger partial charge in [-0.2, -0.15) is 0 Å². The Kier molecular flexibility index (Phi) is 6.50. The van der Waals surface area contributed by atoms with Crippen LogP contribution in [0.4, 0.5) is 0 Å². The van der Waals surface area contributed by atoms with Gasteiger partial charge in [0.05, 0.1) is 0 Å². The van der Waals surface area contributed by atoms with E-state index in [2.05, 4.69) is 21.9 Å². The summed E-state index contributed by atoms with van der Waals surface area (Å²) >= 11 is 3.19. The average molecular weight is 230 g/mol. The monoisotopic (exact) mass is 229 g/mol. The Morgan fingerprint density at radius 3 is 2.92 bits per heavy atom. The second-order valence-corrected chi connectivity index (χ2v) is 2.92. The second-order valence-electron chi connectivity index (χ2n) is 2.27. The van der Waals surface area contributed by atoms with E-state index in [4.69, 9.17) is 6.42 Å². The molecule has 0 aromatic carbocycles. The lowest BCUT2D eigenvalue weighted by molar-refractivity contribution is -0.124. The summed E-state index contributed by atoms with van der Waals surface area (Å²) in [4.78, 5) is 12.8. The smallest absolute Gasteiger partial charge is 0.246 e. The number of alkyl halides is 1. The summed E-state index contributed by atoms with van der Waals surface area (Å²) in [6.45, 7) is 0.613. The Labute approximate surface area is 81.8 Å². The number of allylic oxidation sites excluding steroid dienone is 1. The number of rotatable bonds is 4. The van der Waals surface area contributed by atoms with E-state index in [0.29, 0.717) is 18.3 Å². The Hall–Kier alpha value is -0.750. The fourth-order valence-corrected chi connectivity index (χ4v) is 0.802. The van der Waals surface area contributed by atoms with Crippen LogP contribution in [0.2, 0.25) is 0 Å². The third-order valence-corrected chi connectivity index (χ3v) is 1.69. The average Bonchev–Trinajstić information content (AvgIpc) is 2.10. The molecule has 0 N–H and O–H groups in total. The van der Waals surface area contributed by atoms with E-state index < -0.39 is 0 Å². The summed E-state index contributed by atoms with van der Waals surface area (Å²) < 4.78 is 0. The number of likely N-dealkylation sites (N-methyl/N-ethyl adjacent to an activating group) is 1. The van der Waals surface area contributed by atoms with E-state index in [0.717, 1.165) is 0 Å². The highest BCUT2D eigenvalue weighted by molar-refractivity contribution is 9.09. The molecule has 12 heavy (non-hydrogen) atoms. The molecule has 0 saturated heterocycles. The number of halogens is 1. The third kappa shape index (κ3) is 4.97. The van der Waals surface area contributed by atoms with Gasteiger partial charge >= 0.3 is 0 Å². The van der Waals surface area contributed by atoms with E-state index in [-0.39, 0.29) is 5.91 Å². The molecule has 0 spiro atoms. The van der Waals surface area contributed by atoms with Gasteiger partial charge in [-0.1, -0.05) is 22.0 Å². The predicted molar refractivity (Wildman–Crippen MR) is 54.0 cm³/mol. The standard InChI is InChI=1S/C9H12BrNO/c1-3-4-8-11(2)9(12)6-5-7-10/h1,5-6H,4,7-8H2,2H3/b6-5+. The second kappa shape index (κ2) is 6.93. The molecule has 0 bridgehead atoms. The molecule has 0 aliphatic carbocycles. The maximum atomic E-state index is 11.2. The highest BCUT2D eigenvalue weighted by Crippen LogP contribution is 1.90. The summed E-state index contributed by atoms with van der Waals surface area (Å²) in [5.41, 5.74) is 0. The van der Waals surface area contributed by atoms with E-state index in [1.54, 1.807) is 18.0 Å². The van der Waals surface area contributed by atoms with Crippen LogP contribution in [0.1, 0.15) is 6.42 Å². The van der Waals surface area contributed by atoms with Crippen LogP contribution in [0.5, 0.6) is 0 Å². The lowest BCUT2D eigenvalue weighted by atomic mass is 10.4. The van der Waals surface area contributed by atoms with Crippen molar-refractivity contribution in [2.75, 3.05) is 18.9 Å². The van der Waals surface area contributed by atoms with Crippen molar-refractivity contribution in [3.05, 3.63) is 12.2 Å². The van der Waals surface area contributed by atoms with Crippen molar-refractivity contribution in [3.63, 3.8) is 0 Å². The minimum Gasteiger partial charge on any atom is -0.341 e. The van der Waals surface area contributed by atoms with Gasteiger partial charge in [0.25, 0.3) is 0 Å². The van der Waals surface area contributed by atoms with E-state index in [1.165, 1.54) is 6.08 Å². The van der Waals surface area contributed by atoms with Crippen molar-refractivity contribution >= 4 is 21.8 Å². The highest BCUT2D eigenvalue weighted by Gasteiger charge is 2.01. The quantitative estimate of drug-likeness (QED) is 0.406. The minimum absolute atomic E-state index is 0.00954. The number of hydrogen-bond donors (Lipinski definition) is 0. The first kappa shape index (κ1) is 11.2. The number of terminal acetylenes is 1. The van der Waals surface area contributed by atoms with Gasteiger partial charge in [-0.05, 0) is 6.08 Å². The van der Waals surface area contributed by atoms with Crippen LogP contribution >= 0.6 is 15.9 Å². The molecule has 0 radical (unpaired) electrons. The zero-order valence-electron chi connectivity index (χ0n) is 7.09. The highest BCUT2D eigenvalue weighted by atomic mass is 79.9. The molecule has 0 saturated carbocycles. The van der Waals surface area contributed by atoms with E-state index in [1.807, 2.05) is 0 Å². The van der Waals surface area contributed by atoms with Gasteiger partial charge in [-0.3, -0.25) is 4.79 Å². The third-order valence-electron chi connectivity index (χ3n) is 1.32. The number of carbonyl (C=O) groups is 1. The van der Waals surface area contributed by atoms with Gasteiger partial charge in [0, 0.05) is 25.3 Å². The Morgan fingerprint density at radius 1 is 1.75 bits per heavy atom. The minimum atomic E-state index is -0.00954. The molecule has 2 nitrogen and oxygen atoms in total. The molecule has 3 heteroatoms. The van der Waals surface area contributed by atoms with Crippen molar-refractivity contribution < 1.29 is 4.79 Å². The van der Waals surface area contributed by atoms with Crippen LogP contribution in [0.3, 0.4) is 0 Å². The van der Waals surface area contributed by atoms with Gasteiger partial charge in [-0.15, -0.1) is 12.3 Å². The molecule has 0 heterocycles. The normalized spacial score (nSPS) is 9.75. The topological polar surface area (TPSA) is 20.3 Å². The van der Waals surface area contributed by atoms with Crippen molar-refractivity contribution in [1.82, 2.24) is 4.90 Å². The van der Waals surface area contributed by atoms with Crippen molar-refractivity contribution in [1.29, 1.82) is 0 Å². The first-order valence-electron chi connectivity index (χ1n) is 3.63. The number of amides is 1. The van der Waals surface area contributed by atoms with Crippen LogP contribution in [-0.4, -0.2) is 29.7 Å². The Morgan fingerprint density at radius 2 is 2.42 bits per heavy atom. The Bertz CT molecular complexity index is 205.